The highest BCUT2D eigenvalue weighted by Crippen LogP contribution is 2.34. The number of nitrogens with one attached hydrogen (secondary N) is 2. The van der Waals surface area contributed by atoms with E-state index < -0.39 is 15.6 Å². The van der Waals surface area contributed by atoms with Gasteiger partial charge in [0.2, 0.25) is 10.0 Å². The van der Waals surface area contributed by atoms with Gasteiger partial charge in [-0.1, -0.05) is 31.9 Å². The van der Waals surface area contributed by atoms with Gasteiger partial charge in [-0.2, -0.15) is 0 Å². The van der Waals surface area contributed by atoms with E-state index >= 15 is 0 Å². The zero-order valence-electron chi connectivity index (χ0n) is 11.7. The van der Waals surface area contributed by atoms with E-state index in [2.05, 4.69) is 10.0 Å². The van der Waals surface area contributed by atoms with E-state index in [0.29, 0.717) is 12.2 Å². The van der Waals surface area contributed by atoms with Gasteiger partial charge in [-0.15, -0.1) is 0 Å². The summed E-state index contributed by atoms with van der Waals surface area (Å²) in [5, 5.41) is 12.9. The topological polar surface area (TPSA) is 78.4 Å². The van der Waals surface area contributed by atoms with E-state index in [4.69, 9.17) is 0 Å². The molecule has 20 heavy (non-hydrogen) atoms. The Balaban J connectivity index is 2.33. The number of para-hydroxylation sites is 1. The SMILES string of the molecule is CCNS(=O)(=O)c1ccccc1NC1(CO)CCCC1. The summed E-state index contributed by atoms with van der Waals surface area (Å²) in [6.07, 6.45) is 3.82. The second-order valence-corrected chi connectivity index (χ2v) is 7.00. The van der Waals surface area contributed by atoms with Crippen molar-refractivity contribution in [2.24, 2.45) is 0 Å². The van der Waals surface area contributed by atoms with Crippen molar-refractivity contribution in [3.63, 3.8) is 0 Å². The number of hydrogen-bond acceptors (Lipinski definition) is 4. The molecule has 0 saturated heterocycles. The van der Waals surface area contributed by atoms with Crippen LogP contribution < -0.4 is 10.0 Å². The molecule has 1 aromatic carbocycles. The van der Waals surface area contributed by atoms with Crippen molar-refractivity contribution in [2.45, 2.75) is 43.0 Å². The molecule has 1 aliphatic rings. The Bertz CT molecular complexity index is 551. The minimum atomic E-state index is -3.51. The van der Waals surface area contributed by atoms with Crippen LogP contribution in [0, 0.1) is 0 Å². The summed E-state index contributed by atoms with van der Waals surface area (Å²) in [5.41, 5.74) is 0.169. The molecule has 6 heteroatoms. The van der Waals surface area contributed by atoms with Crippen molar-refractivity contribution < 1.29 is 13.5 Å². The Kier molecular flexibility index (Phi) is 4.67. The van der Waals surface area contributed by atoms with Crippen LogP contribution in [-0.4, -0.2) is 32.2 Å². The predicted molar refractivity (Wildman–Crippen MR) is 79.2 cm³/mol. The first-order valence-electron chi connectivity index (χ1n) is 7.01. The van der Waals surface area contributed by atoms with E-state index in [1.807, 2.05) is 0 Å². The fourth-order valence-electron chi connectivity index (χ4n) is 2.73. The third kappa shape index (κ3) is 3.13. The van der Waals surface area contributed by atoms with Crippen LogP contribution in [0.3, 0.4) is 0 Å². The van der Waals surface area contributed by atoms with Crippen molar-refractivity contribution in [1.82, 2.24) is 4.72 Å². The number of sulfonamides is 1. The molecule has 1 aliphatic carbocycles. The maximum Gasteiger partial charge on any atom is 0.242 e. The molecule has 2 rings (SSSR count). The smallest absolute Gasteiger partial charge is 0.242 e. The first-order valence-corrected chi connectivity index (χ1v) is 8.49. The molecule has 112 valence electrons. The molecule has 0 atom stereocenters. The summed E-state index contributed by atoms with van der Waals surface area (Å²) in [6, 6.07) is 6.84. The lowest BCUT2D eigenvalue weighted by atomic mass is 9.98. The van der Waals surface area contributed by atoms with Crippen LogP contribution in [0.25, 0.3) is 0 Å². The van der Waals surface area contributed by atoms with Crippen LogP contribution in [-0.2, 0) is 10.0 Å². The van der Waals surface area contributed by atoms with E-state index in [1.165, 1.54) is 0 Å². The lowest BCUT2D eigenvalue weighted by molar-refractivity contribution is 0.214. The van der Waals surface area contributed by atoms with Crippen molar-refractivity contribution >= 4 is 15.7 Å². The lowest BCUT2D eigenvalue weighted by Crippen LogP contribution is -2.39. The van der Waals surface area contributed by atoms with E-state index in [-0.39, 0.29) is 11.5 Å². The Morgan fingerprint density at radius 2 is 1.90 bits per heavy atom. The first kappa shape index (κ1) is 15.3. The van der Waals surface area contributed by atoms with E-state index in [1.54, 1.807) is 31.2 Å². The average Bonchev–Trinajstić information content (AvgIpc) is 2.88. The molecule has 5 nitrogen and oxygen atoms in total. The lowest BCUT2D eigenvalue weighted by Gasteiger charge is -2.30. The third-order valence-corrected chi connectivity index (χ3v) is 5.38. The number of aliphatic hydroxyl groups excluding tert-OH is 1. The van der Waals surface area contributed by atoms with Crippen molar-refractivity contribution in [3.05, 3.63) is 24.3 Å². The molecule has 0 unspecified atom stereocenters. The van der Waals surface area contributed by atoms with Gasteiger partial charge in [0.1, 0.15) is 4.90 Å². The minimum Gasteiger partial charge on any atom is -0.394 e. The second-order valence-electron chi connectivity index (χ2n) is 5.27. The molecule has 1 aromatic rings. The fourth-order valence-corrected chi connectivity index (χ4v) is 3.93. The van der Waals surface area contributed by atoms with Gasteiger partial charge in [-0.3, -0.25) is 0 Å². The highest BCUT2D eigenvalue weighted by molar-refractivity contribution is 7.89. The molecule has 3 N–H and O–H groups in total. The Morgan fingerprint density at radius 1 is 1.25 bits per heavy atom. The van der Waals surface area contributed by atoms with Gasteiger partial charge < -0.3 is 10.4 Å². The summed E-state index contributed by atoms with van der Waals surface area (Å²) in [4.78, 5) is 0.238. The van der Waals surface area contributed by atoms with E-state index in [9.17, 15) is 13.5 Å². The van der Waals surface area contributed by atoms with Crippen molar-refractivity contribution in [1.29, 1.82) is 0 Å². The van der Waals surface area contributed by atoms with Crippen LogP contribution in [0.5, 0.6) is 0 Å². The van der Waals surface area contributed by atoms with Crippen LogP contribution >= 0.6 is 0 Å². The van der Waals surface area contributed by atoms with Crippen LogP contribution in [0.1, 0.15) is 32.6 Å². The fraction of sp³-hybridized carbons (Fsp3) is 0.571. The third-order valence-electron chi connectivity index (χ3n) is 3.77. The van der Waals surface area contributed by atoms with Gasteiger partial charge in [-0.25, -0.2) is 13.1 Å². The zero-order valence-corrected chi connectivity index (χ0v) is 12.5. The number of rotatable bonds is 6. The van der Waals surface area contributed by atoms with Gasteiger partial charge in [0, 0.05) is 6.54 Å². The molecule has 1 saturated carbocycles. The molecule has 0 radical (unpaired) electrons. The summed E-state index contributed by atoms with van der Waals surface area (Å²) < 4.78 is 26.9. The summed E-state index contributed by atoms with van der Waals surface area (Å²) >= 11 is 0. The monoisotopic (exact) mass is 298 g/mol. The molecular weight excluding hydrogens is 276 g/mol. The summed E-state index contributed by atoms with van der Waals surface area (Å²) in [5.74, 6) is 0. The van der Waals surface area contributed by atoms with E-state index in [0.717, 1.165) is 25.7 Å². The Labute approximate surface area is 120 Å². The molecule has 0 aromatic heterocycles. The summed E-state index contributed by atoms with van der Waals surface area (Å²) in [7, 11) is -3.51. The number of hydrogen-bond donors (Lipinski definition) is 3. The molecule has 0 bridgehead atoms. The van der Waals surface area contributed by atoms with Gasteiger partial charge in [0.25, 0.3) is 0 Å². The van der Waals surface area contributed by atoms with Crippen molar-refractivity contribution in [3.8, 4) is 0 Å². The minimum absolute atomic E-state index is 0.0165. The van der Waals surface area contributed by atoms with Crippen LogP contribution in [0.15, 0.2) is 29.2 Å². The Morgan fingerprint density at radius 3 is 2.50 bits per heavy atom. The predicted octanol–water partition coefficient (Wildman–Crippen LogP) is 1.70. The molecule has 0 heterocycles. The standard InChI is InChI=1S/C14H22N2O3S/c1-2-15-20(18,19)13-8-4-3-7-12(13)16-14(11-17)9-5-6-10-14/h3-4,7-8,15-17H,2,5-6,9-11H2,1H3. The molecular formula is C14H22N2O3S. The largest absolute Gasteiger partial charge is 0.394 e. The normalized spacial score (nSPS) is 18.1. The molecule has 0 aliphatic heterocycles. The van der Waals surface area contributed by atoms with Gasteiger partial charge in [-0.05, 0) is 25.0 Å². The molecule has 0 amide bonds. The average molecular weight is 298 g/mol. The zero-order chi connectivity index (χ0) is 14.6. The highest BCUT2D eigenvalue weighted by atomic mass is 32.2. The highest BCUT2D eigenvalue weighted by Gasteiger charge is 2.34. The molecule has 1 fully saturated rings. The molecule has 0 spiro atoms. The van der Waals surface area contributed by atoms with Gasteiger partial charge >= 0.3 is 0 Å². The Hall–Kier alpha value is -1.11. The quantitative estimate of drug-likeness (QED) is 0.747. The van der Waals surface area contributed by atoms with Crippen molar-refractivity contribution in [2.75, 3.05) is 18.5 Å². The summed E-state index contributed by atoms with van der Waals surface area (Å²) in [6.45, 7) is 2.12. The second kappa shape index (κ2) is 6.11. The number of benzene rings is 1. The first-order chi connectivity index (χ1) is 9.53. The number of aliphatic hydroxyl groups is 1. The number of anilines is 1. The van der Waals surface area contributed by atoms with Gasteiger partial charge in [0.05, 0.1) is 17.8 Å². The van der Waals surface area contributed by atoms with Crippen LogP contribution in [0.4, 0.5) is 5.69 Å². The maximum atomic E-state index is 12.2. The maximum absolute atomic E-state index is 12.2. The van der Waals surface area contributed by atoms with Gasteiger partial charge in [0.15, 0.2) is 0 Å². The van der Waals surface area contributed by atoms with Crippen LogP contribution in [0.2, 0.25) is 0 Å².